The van der Waals surface area contributed by atoms with Gasteiger partial charge in [0.1, 0.15) is 18.1 Å². The van der Waals surface area contributed by atoms with Crippen LogP contribution in [0.5, 0.6) is 11.5 Å². The minimum Gasteiger partial charge on any atom is -0.497 e. The molecule has 3 aromatic rings. The maximum Gasteiger partial charge on any atom is 0.313 e. The Balaban J connectivity index is 1.70. The predicted octanol–water partition coefficient (Wildman–Crippen LogP) is 4.70. The van der Waals surface area contributed by atoms with E-state index in [0.29, 0.717) is 0 Å². The number of benzene rings is 3. The normalized spacial score (nSPS) is 11.8. The van der Waals surface area contributed by atoms with Crippen LogP contribution in [0, 0.1) is 0 Å². The summed E-state index contributed by atoms with van der Waals surface area (Å²) in [4.78, 5) is 12.4. The van der Waals surface area contributed by atoms with Crippen LogP contribution in [0.1, 0.15) is 24.0 Å². The van der Waals surface area contributed by atoms with E-state index >= 15 is 0 Å². The zero-order chi connectivity index (χ0) is 18.5. The summed E-state index contributed by atoms with van der Waals surface area (Å²) in [6.07, 6.45) is 0. The summed E-state index contributed by atoms with van der Waals surface area (Å²) in [6, 6.07) is 19.4. The van der Waals surface area contributed by atoms with Gasteiger partial charge in [0.2, 0.25) is 0 Å². The molecular formula is C22H22O4. The van der Waals surface area contributed by atoms with Gasteiger partial charge in [0.25, 0.3) is 0 Å². The highest BCUT2D eigenvalue weighted by Gasteiger charge is 2.17. The van der Waals surface area contributed by atoms with Gasteiger partial charge in [0.15, 0.2) is 0 Å². The molecule has 3 aromatic carbocycles. The molecular weight excluding hydrogens is 328 g/mol. The van der Waals surface area contributed by atoms with Crippen molar-refractivity contribution in [2.75, 3.05) is 14.2 Å². The number of carbonyl (C=O) groups excluding carboxylic acids is 1. The average Bonchev–Trinajstić information content (AvgIpc) is 2.70. The van der Waals surface area contributed by atoms with Crippen LogP contribution in [0.3, 0.4) is 0 Å². The van der Waals surface area contributed by atoms with Crippen LogP contribution in [0.15, 0.2) is 60.7 Å². The second-order valence-corrected chi connectivity index (χ2v) is 6.15. The summed E-state index contributed by atoms with van der Waals surface area (Å²) in [5, 5.41) is 2.14. The standard InChI is InChI=1S/C22H22O4/c1-15(22(23)26-14-16-5-4-6-20(11-16)24-2)17-7-8-19-13-21(25-3)10-9-18(19)12-17/h4-13,15H,14H2,1-3H3/t15-/m0/s1. The summed E-state index contributed by atoms with van der Waals surface area (Å²) >= 11 is 0. The lowest BCUT2D eigenvalue weighted by Gasteiger charge is -2.13. The summed E-state index contributed by atoms with van der Waals surface area (Å²) in [5.41, 5.74) is 1.83. The SMILES string of the molecule is COc1cccc(COC(=O)[C@@H](C)c2ccc3cc(OC)ccc3c2)c1. The number of methoxy groups -OCH3 is 2. The van der Waals surface area contributed by atoms with Gasteiger partial charge >= 0.3 is 5.97 Å². The number of esters is 1. The van der Waals surface area contributed by atoms with E-state index in [0.717, 1.165) is 33.4 Å². The van der Waals surface area contributed by atoms with Gasteiger partial charge in [-0.1, -0.05) is 36.4 Å². The molecule has 0 N–H and O–H groups in total. The number of ether oxygens (including phenoxy) is 3. The number of hydrogen-bond donors (Lipinski definition) is 0. The lowest BCUT2D eigenvalue weighted by Crippen LogP contribution is -2.13. The molecule has 0 saturated carbocycles. The quantitative estimate of drug-likeness (QED) is 0.604. The summed E-state index contributed by atoms with van der Waals surface area (Å²) < 4.78 is 15.9. The van der Waals surface area contributed by atoms with E-state index in [9.17, 15) is 4.79 Å². The van der Waals surface area contributed by atoms with E-state index in [1.54, 1.807) is 14.2 Å². The molecule has 0 aliphatic rings. The van der Waals surface area contributed by atoms with Gasteiger partial charge < -0.3 is 14.2 Å². The molecule has 0 unspecified atom stereocenters. The van der Waals surface area contributed by atoms with Gasteiger partial charge in [0.05, 0.1) is 20.1 Å². The third kappa shape index (κ3) is 3.97. The Morgan fingerprint density at radius 2 is 1.58 bits per heavy atom. The fourth-order valence-electron chi connectivity index (χ4n) is 2.82. The fourth-order valence-corrected chi connectivity index (χ4v) is 2.82. The highest BCUT2D eigenvalue weighted by Crippen LogP contribution is 2.26. The predicted molar refractivity (Wildman–Crippen MR) is 102 cm³/mol. The Bertz CT molecular complexity index is 917. The van der Waals surface area contributed by atoms with Crippen molar-refractivity contribution in [1.82, 2.24) is 0 Å². The molecule has 1 atom stereocenters. The fraction of sp³-hybridized carbons (Fsp3) is 0.227. The average molecular weight is 350 g/mol. The van der Waals surface area contributed by atoms with Crippen molar-refractivity contribution in [2.45, 2.75) is 19.4 Å². The van der Waals surface area contributed by atoms with Crippen molar-refractivity contribution in [3.8, 4) is 11.5 Å². The minimum atomic E-state index is -0.341. The number of fused-ring (bicyclic) bond motifs is 1. The molecule has 0 aliphatic carbocycles. The van der Waals surface area contributed by atoms with E-state index in [1.807, 2.05) is 67.6 Å². The van der Waals surface area contributed by atoms with E-state index in [2.05, 4.69) is 0 Å². The second-order valence-electron chi connectivity index (χ2n) is 6.15. The number of carbonyl (C=O) groups is 1. The largest absolute Gasteiger partial charge is 0.497 e. The summed E-state index contributed by atoms with van der Waals surface area (Å²) in [5.74, 6) is 0.973. The maximum absolute atomic E-state index is 12.4. The zero-order valence-electron chi connectivity index (χ0n) is 15.2. The lowest BCUT2D eigenvalue weighted by molar-refractivity contribution is -0.146. The molecule has 0 aromatic heterocycles. The Hall–Kier alpha value is -3.01. The molecule has 0 heterocycles. The van der Waals surface area contributed by atoms with E-state index in [-0.39, 0.29) is 18.5 Å². The minimum absolute atomic E-state index is 0.227. The Morgan fingerprint density at radius 1 is 0.885 bits per heavy atom. The van der Waals surface area contributed by atoms with Crippen molar-refractivity contribution in [2.24, 2.45) is 0 Å². The highest BCUT2D eigenvalue weighted by atomic mass is 16.5. The van der Waals surface area contributed by atoms with Crippen molar-refractivity contribution in [3.05, 3.63) is 71.8 Å². The third-order valence-corrected chi connectivity index (χ3v) is 4.44. The molecule has 0 radical (unpaired) electrons. The maximum atomic E-state index is 12.4. The Morgan fingerprint density at radius 3 is 2.35 bits per heavy atom. The molecule has 134 valence electrons. The van der Waals surface area contributed by atoms with E-state index in [4.69, 9.17) is 14.2 Å². The summed E-state index contributed by atoms with van der Waals surface area (Å²) in [7, 11) is 3.26. The molecule has 0 bridgehead atoms. The van der Waals surface area contributed by atoms with Gasteiger partial charge in [-0.2, -0.15) is 0 Å². The van der Waals surface area contributed by atoms with Crippen LogP contribution in [0.25, 0.3) is 10.8 Å². The molecule has 0 amide bonds. The van der Waals surface area contributed by atoms with Crippen LogP contribution >= 0.6 is 0 Å². The van der Waals surface area contributed by atoms with Crippen LogP contribution in [-0.2, 0) is 16.1 Å². The smallest absolute Gasteiger partial charge is 0.313 e. The van der Waals surface area contributed by atoms with Gasteiger partial charge in [-0.15, -0.1) is 0 Å². The number of hydrogen-bond acceptors (Lipinski definition) is 4. The topological polar surface area (TPSA) is 44.8 Å². The Kier molecular flexibility index (Phi) is 5.42. The van der Waals surface area contributed by atoms with Crippen molar-refractivity contribution >= 4 is 16.7 Å². The zero-order valence-corrected chi connectivity index (χ0v) is 15.2. The van der Waals surface area contributed by atoms with E-state index < -0.39 is 0 Å². The monoisotopic (exact) mass is 350 g/mol. The molecule has 0 spiro atoms. The third-order valence-electron chi connectivity index (χ3n) is 4.44. The molecule has 0 fully saturated rings. The van der Waals surface area contributed by atoms with Crippen LogP contribution in [0.4, 0.5) is 0 Å². The first-order valence-corrected chi connectivity index (χ1v) is 8.48. The van der Waals surface area contributed by atoms with Gasteiger partial charge in [-0.25, -0.2) is 0 Å². The van der Waals surface area contributed by atoms with Crippen LogP contribution in [-0.4, -0.2) is 20.2 Å². The van der Waals surface area contributed by atoms with E-state index in [1.165, 1.54) is 0 Å². The van der Waals surface area contributed by atoms with Gasteiger partial charge in [-0.05, 0) is 53.1 Å². The van der Waals surface area contributed by atoms with Gasteiger partial charge in [-0.3, -0.25) is 4.79 Å². The second kappa shape index (κ2) is 7.91. The van der Waals surface area contributed by atoms with Crippen LogP contribution in [0.2, 0.25) is 0 Å². The molecule has 0 saturated heterocycles. The molecule has 4 heteroatoms. The van der Waals surface area contributed by atoms with Crippen LogP contribution < -0.4 is 9.47 Å². The number of rotatable bonds is 6. The Labute approximate surface area is 153 Å². The highest BCUT2D eigenvalue weighted by molar-refractivity contribution is 5.86. The first-order valence-electron chi connectivity index (χ1n) is 8.48. The lowest BCUT2D eigenvalue weighted by atomic mass is 9.98. The van der Waals surface area contributed by atoms with Gasteiger partial charge in [0, 0.05) is 0 Å². The molecule has 3 rings (SSSR count). The molecule has 0 aliphatic heterocycles. The molecule has 4 nitrogen and oxygen atoms in total. The van der Waals surface area contributed by atoms with Crippen molar-refractivity contribution < 1.29 is 19.0 Å². The van der Waals surface area contributed by atoms with Crippen molar-refractivity contribution in [3.63, 3.8) is 0 Å². The molecule has 26 heavy (non-hydrogen) atoms. The van der Waals surface area contributed by atoms with Crippen molar-refractivity contribution in [1.29, 1.82) is 0 Å². The first kappa shape index (κ1) is 17.8. The summed E-state index contributed by atoms with van der Waals surface area (Å²) in [6.45, 7) is 2.09. The first-order chi connectivity index (χ1) is 12.6.